The molecule has 0 saturated heterocycles. The van der Waals surface area contributed by atoms with Crippen LogP contribution in [0.25, 0.3) is 0 Å². The zero-order valence-electron chi connectivity index (χ0n) is 23.2. The fourth-order valence-electron chi connectivity index (χ4n) is 4.31. The second-order valence-corrected chi connectivity index (χ2v) is 10.8. The van der Waals surface area contributed by atoms with Crippen LogP contribution < -0.4 is 20.1 Å². The number of fused-ring (bicyclic) bond motifs is 1. The van der Waals surface area contributed by atoms with Gasteiger partial charge in [0, 0.05) is 16.5 Å². The van der Waals surface area contributed by atoms with Crippen molar-refractivity contribution in [3.8, 4) is 11.5 Å². The lowest BCUT2D eigenvalue weighted by molar-refractivity contribution is -0.150. The zero-order valence-corrected chi connectivity index (χ0v) is 24.0. The maximum atomic E-state index is 12.9. The lowest BCUT2D eigenvalue weighted by Crippen LogP contribution is -2.46. The van der Waals surface area contributed by atoms with Crippen molar-refractivity contribution in [2.24, 2.45) is 11.8 Å². The van der Waals surface area contributed by atoms with E-state index in [4.69, 9.17) is 18.9 Å². The third-order valence-electron chi connectivity index (χ3n) is 6.41. The minimum Gasteiger partial charge on any atom is -0.497 e. The molecule has 2 unspecified atom stereocenters. The highest BCUT2D eigenvalue weighted by molar-refractivity contribution is 7.17. The minimum absolute atomic E-state index is 0.218. The number of carbonyl (C=O) groups excluding carboxylic acids is 4. The molecule has 1 heterocycles. The standard InChI is InChI=1S/C28H36N2O8S/c1-7-37-27(33)23-20-9-8-16(4)10-21(20)39-26(23)29-22(31)14-38-28(34)24(15(2)3)30-25(32)17-11-18(35-5)13-19(12-17)36-6/h11-13,15-16,24H,7-10,14H2,1-6H3,(H,29,31)(H,30,32). The van der Waals surface area contributed by atoms with E-state index in [9.17, 15) is 19.2 Å². The average Bonchev–Trinajstić information content (AvgIpc) is 3.26. The summed E-state index contributed by atoms with van der Waals surface area (Å²) in [6.45, 7) is 7.02. The van der Waals surface area contributed by atoms with E-state index in [1.54, 1.807) is 26.8 Å². The normalized spacial score (nSPS) is 15.1. The van der Waals surface area contributed by atoms with E-state index < -0.39 is 36.4 Å². The molecule has 11 heteroatoms. The molecule has 2 aromatic rings. The van der Waals surface area contributed by atoms with Crippen molar-refractivity contribution in [1.82, 2.24) is 5.32 Å². The number of rotatable bonds is 11. The van der Waals surface area contributed by atoms with Crippen molar-refractivity contribution < 1.29 is 38.1 Å². The number of carbonyl (C=O) groups is 4. The fourth-order valence-corrected chi connectivity index (χ4v) is 5.72. The molecule has 1 aromatic heterocycles. The van der Waals surface area contributed by atoms with Crippen LogP contribution in [-0.4, -0.2) is 57.2 Å². The molecule has 2 atom stereocenters. The third kappa shape index (κ3) is 7.50. The van der Waals surface area contributed by atoms with Crippen molar-refractivity contribution >= 4 is 40.1 Å². The Hall–Kier alpha value is -3.60. The van der Waals surface area contributed by atoms with Crippen LogP contribution in [0.3, 0.4) is 0 Å². The van der Waals surface area contributed by atoms with Crippen LogP contribution >= 0.6 is 11.3 Å². The lowest BCUT2D eigenvalue weighted by Gasteiger charge is -2.21. The number of ether oxygens (including phenoxy) is 4. The first-order valence-electron chi connectivity index (χ1n) is 12.9. The predicted molar refractivity (Wildman–Crippen MR) is 147 cm³/mol. The summed E-state index contributed by atoms with van der Waals surface area (Å²) in [5.41, 5.74) is 1.54. The van der Waals surface area contributed by atoms with Crippen LogP contribution in [0.15, 0.2) is 18.2 Å². The van der Waals surface area contributed by atoms with Crippen molar-refractivity contribution in [3.63, 3.8) is 0 Å². The number of amides is 2. The van der Waals surface area contributed by atoms with Gasteiger partial charge in [0.2, 0.25) is 0 Å². The Balaban J connectivity index is 1.67. The van der Waals surface area contributed by atoms with Gasteiger partial charge in [0.15, 0.2) is 6.61 Å². The number of esters is 2. The first kappa shape index (κ1) is 29.9. The highest BCUT2D eigenvalue weighted by Gasteiger charge is 2.30. The molecule has 212 valence electrons. The molecular formula is C28H36N2O8S. The van der Waals surface area contributed by atoms with Crippen LogP contribution in [0.1, 0.15) is 65.3 Å². The number of benzene rings is 1. The molecule has 0 saturated carbocycles. The molecule has 10 nitrogen and oxygen atoms in total. The quantitative estimate of drug-likeness (QED) is 0.395. The number of hydrogen-bond acceptors (Lipinski definition) is 9. The van der Waals surface area contributed by atoms with Crippen molar-refractivity contribution in [3.05, 3.63) is 39.8 Å². The SMILES string of the molecule is CCOC(=O)c1c(NC(=O)COC(=O)C(NC(=O)c2cc(OC)cc(OC)c2)C(C)C)sc2c1CCC(C)C2. The number of nitrogens with one attached hydrogen (secondary N) is 2. The summed E-state index contributed by atoms with van der Waals surface area (Å²) < 4.78 is 20.9. The average molecular weight is 561 g/mol. The maximum Gasteiger partial charge on any atom is 0.341 e. The van der Waals surface area contributed by atoms with Gasteiger partial charge in [-0.2, -0.15) is 0 Å². The topological polar surface area (TPSA) is 129 Å². The van der Waals surface area contributed by atoms with Crippen LogP contribution in [0.5, 0.6) is 11.5 Å². The molecule has 2 N–H and O–H groups in total. The third-order valence-corrected chi connectivity index (χ3v) is 7.58. The summed E-state index contributed by atoms with van der Waals surface area (Å²) >= 11 is 1.35. The molecule has 0 bridgehead atoms. The van der Waals surface area contributed by atoms with E-state index in [0.717, 1.165) is 29.7 Å². The van der Waals surface area contributed by atoms with E-state index in [1.807, 2.05) is 0 Å². The lowest BCUT2D eigenvalue weighted by atomic mass is 9.88. The Bertz CT molecular complexity index is 1200. The largest absolute Gasteiger partial charge is 0.497 e. The Morgan fingerprint density at radius 1 is 1.05 bits per heavy atom. The monoisotopic (exact) mass is 560 g/mol. The van der Waals surface area contributed by atoms with E-state index in [-0.39, 0.29) is 18.1 Å². The second-order valence-electron chi connectivity index (χ2n) is 9.73. The minimum atomic E-state index is -1.01. The summed E-state index contributed by atoms with van der Waals surface area (Å²) in [5.74, 6) is -1.34. The van der Waals surface area contributed by atoms with Crippen LogP contribution in [0.2, 0.25) is 0 Å². The highest BCUT2D eigenvalue weighted by Crippen LogP contribution is 2.40. The maximum absolute atomic E-state index is 12.9. The van der Waals surface area contributed by atoms with E-state index in [0.29, 0.717) is 28.0 Å². The van der Waals surface area contributed by atoms with Crippen molar-refractivity contribution in [2.45, 2.75) is 53.0 Å². The number of thiophene rings is 1. The van der Waals surface area contributed by atoms with Crippen molar-refractivity contribution in [2.75, 3.05) is 32.8 Å². The van der Waals surface area contributed by atoms with Gasteiger partial charge in [0.1, 0.15) is 22.5 Å². The Morgan fingerprint density at radius 3 is 2.31 bits per heavy atom. The Labute approximate surface area is 232 Å². The Kier molecular flexibility index (Phi) is 10.3. The summed E-state index contributed by atoms with van der Waals surface area (Å²) in [6, 6.07) is 3.67. The van der Waals surface area contributed by atoms with E-state index in [1.165, 1.54) is 37.7 Å². The molecule has 39 heavy (non-hydrogen) atoms. The van der Waals surface area contributed by atoms with E-state index >= 15 is 0 Å². The molecular weight excluding hydrogens is 524 g/mol. The van der Waals surface area contributed by atoms with Gasteiger partial charge in [-0.3, -0.25) is 9.59 Å². The van der Waals surface area contributed by atoms with E-state index in [2.05, 4.69) is 17.6 Å². The molecule has 0 spiro atoms. The molecule has 0 fully saturated rings. The van der Waals surface area contributed by atoms with Gasteiger partial charge < -0.3 is 29.6 Å². The molecule has 1 aliphatic carbocycles. The predicted octanol–water partition coefficient (Wildman–Crippen LogP) is 4.00. The van der Waals surface area contributed by atoms with Gasteiger partial charge in [-0.15, -0.1) is 11.3 Å². The molecule has 1 aliphatic rings. The molecule has 1 aromatic carbocycles. The molecule has 0 aliphatic heterocycles. The van der Waals surface area contributed by atoms with Crippen LogP contribution in [0.4, 0.5) is 5.00 Å². The van der Waals surface area contributed by atoms with Crippen LogP contribution in [-0.2, 0) is 31.9 Å². The first-order valence-corrected chi connectivity index (χ1v) is 13.7. The summed E-state index contributed by atoms with van der Waals surface area (Å²) in [7, 11) is 2.94. The second kappa shape index (κ2) is 13.5. The molecule has 2 amide bonds. The van der Waals surface area contributed by atoms with Crippen molar-refractivity contribution in [1.29, 1.82) is 0 Å². The summed E-state index contributed by atoms with van der Waals surface area (Å²) in [6.07, 6.45) is 2.51. The Morgan fingerprint density at radius 2 is 1.72 bits per heavy atom. The first-order chi connectivity index (χ1) is 18.6. The number of hydrogen-bond donors (Lipinski definition) is 2. The zero-order chi connectivity index (χ0) is 28.7. The summed E-state index contributed by atoms with van der Waals surface area (Å²) in [4.78, 5) is 52.3. The molecule has 3 rings (SSSR count). The fraction of sp³-hybridized carbons (Fsp3) is 0.500. The van der Waals surface area contributed by atoms with Gasteiger partial charge in [-0.05, 0) is 55.7 Å². The number of anilines is 1. The van der Waals surface area contributed by atoms with Gasteiger partial charge in [-0.1, -0.05) is 20.8 Å². The molecule has 0 radical (unpaired) electrons. The van der Waals surface area contributed by atoms with Gasteiger partial charge >= 0.3 is 11.9 Å². The number of methoxy groups -OCH3 is 2. The smallest absolute Gasteiger partial charge is 0.341 e. The van der Waals surface area contributed by atoms with Crippen LogP contribution in [0, 0.1) is 11.8 Å². The van der Waals surface area contributed by atoms with Gasteiger partial charge in [0.25, 0.3) is 11.8 Å². The summed E-state index contributed by atoms with van der Waals surface area (Å²) in [5, 5.41) is 5.79. The van der Waals surface area contributed by atoms with Gasteiger partial charge in [-0.25, -0.2) is 9.59 Å². The van der Waals surface area contributed by atoms with Gasteiger partial charge in [0.05, 0.1) is 26.4 Å². The highest BCUT2D eigenvalue weighted by atomic mass is 32.1.